The lowest BCUT2D eigenvalue weighted by Crippen LogP contribution is -2.34. The first-order chi connectivity index (χ1) is 13.0. The molecule has 7 nitrogen and oxygen atoms in total. The molecular formula is C20H20N4O3. The highest BCUT2D eigenvalue weighted by atomic mass is 16.6. The predicted molar refractivity (Wildman–Crippen MR) is 103 cm³/mol. The van der Waals surface area contributed by atoms with Crippen molar-refractivity contribution in [3.8, 4) is 6.07 Å². The second kappa shape index (κ2) is 7.87. The Morgan fingerprint density at radius 2 is 2.15 bits per heavy atom. The Balaban J connectivity index is 1.86. The summed E-state index contributed by atoms with van der Waals surface area (Å²) in [6, 6.07) is 13.1. The van der Waals surface area contributed by atoms with Crippen LogP contribution in [-0.4, -0.2) is 23.9 Å². The molecule has 2 aromatic carbocycles. The van der Waals surface area contributed by atoms with Crippen LogP contribution in [0.25, 0.3) is 0 Å². The molecule has 1 aliphatic heterocycles. The second-order valence-electron chi connectivity index (χ2n) is 6.80. The molecule has 3 rings (SSSR count). The summed E-state index contributed by atoms with van der Waals surface area (Å²) in [5, 5.41) is 23.2. The zero-order chi connectivity index (χ0) is 19.4. The third kappa shape index (κ3) is 4.23. The zero-order valence-corrected chi connectivity index (χ0v) is 15.0. The van der Waals surface area contributed by atoms with Gasteiger partial charge in [0.25, 0.3) is 11.6 Å². The summed E-state index contributed by atoms with van der Waals surface area (Å²) in [5.74, 6) is 0.0282. The van der Waals surface area contributed by atoms with Gasteiger partial charge in [-0.15, -0.1) is 0 Å². The van der Waals surface area contributed by atoms with Crippen LogP contribution in [0.1, 0.15) is 35.7 Å². The molecule has 1 fully saturated rings. The number of anilines is 2. The average Bonchev–Trinajstić information content (AvgIpc) is 2.67. The van der Waals surface area contributed by atoms with E-state index in [1.54, 1.807) is 36.4 Å². The first-order valence-electron chi connectivity index (χ1n) is 8.83. The number of benzene rings is 2. The SMILES string of the molecule is CC1CCCN(c2ccc(C(=O)Nc3cccc(C#N)c3)cc2[N+](=O)[O-])C1. The van der Waals surface area contributed by atoms with Gasteiger partial charge in [0.2, 0.25) is 0 Å². The number of nitro benzene ring substituents is 1. The minimum Gasteiger partial charge on any atom is -0.366 e. The third-order valence-electron chi connectivity index (χ3n) is 4.68. The lowest BCUT2D eigenvalue weighted by atomic mass is 9.99. The largest absolute Gasteiger partial charge is 0.366 e. The van der Waals surface area contributed by atoms with Gasteiger partial charge < -0.3 is 10.2 Å². The molecule has 1 atom stereocenters. The number of piperidine rings is 1. The van der Waals surface area contributed by atoms with E-state index < -0.39 is 10.8 Å². The Hall–Kier alpha value is -3.40. The molecule has 1 heterocycles. The fraction of sp³-hybridized carbons (Fsp3) is 0.300. The van der Waals surface area contributed by atoms with E-state index >= 15 is 0 Å². The summed E-state index contributed by atoms with van der Waals surface area (Å²) in [6.45, 7) is 3.68. The average molecular weight is 364 g/mol. The van der Waals surface area contributed by atoms with Crippen molar-refractivity contribution in [3.63, 3.8) is 0 Å². The van der Waals surface area contributed by atoms with Gasteiger partial charge in [-0.05, 0) is 49.1 Å². The molecule has 0 aliphatic carbocycles. The fourth-order valence-corrected chi connectivity index (χ4v) is 3.36. The number of nitriles is 1. The molecule has 0 bridgehead atoms. The van der Waals surface area contributed by atoms with E-state index in [9.17, 15) is 14.9 Å². The lowest BCUT2D eigenvalue weighted by Gasteiger charge is -2.32. The van der Waals surface area contributed by atoms with Crippen molar-refractivity contribution in [1.29, 1.82) is 5.26 Å². The van der Waals surface area contributed by atoms with Crippen LogP contribution in [0.4, 0.5) is 17.1 Å². The number of amides is 1. The molecule has 1 unspecified atom stereocenters. The van der Waals surface area contributed by atoms with Crippen molar-refractivity contribution in [2.75, 3.05) is 23.3 Å². The molecule has 0 aromatic heterocycles. The highest BCUT2D eigenvalue weighted by molar-refractivity contribution is 6.05. The quantitative estimate of drug-likeness (QED) is 0.654. The van der Waals surface area contributed by atoms with Crippen LogP contribution >= 0.6 is 0 Å². The van der Waals surface area contributed by atoms with Crippen LogP contribution < -0.4 is 10.2 Å². The monoisotopic (exact) mass is 364 g/mol. The molecule has 1 aliphatic rings. The maximum atomic E-state index is 12.5. The zero-order valence-electron chi connectivity index (χ0n) is 15.0. The van der Waals surface area contributed by atoms with Gasteiger partial charge in [0.1, 0.15) is 5.69 Å². The standard InChI is InChI=1S/C20H20N4O3/c1-14-4-3-9-23(13-14)18-8-7-16(11-19(18)24(26)27)20(25)22-17-6-2-5-15(10-17)12-21/h2,5-8,10-11,14H,3-4,9,13H2,1H3,(H,22,25). The number of hydrogen-bond donors (Lipinski definition) is 1. The van der Waals surface area contributed by atoms with Gasteiger partial charge in [-0.1, -0.05) is 13.0 Å². The number of carbonyl (C=O) groups is 1. The normalized spacial score (nSPS) is 16.4. The Labute approximate surface area is 157 Å². The van der Waals surface area contributed by atoms with Crippen molar-refractivity contribution < 1.29 is 9.72 Å². The maximum absolute atomic E-state index is 12.5. The van der Waals surface area contributed by atoms with Crippen LogP contribution in [0, 0.1) is 27.4 Å². The smallest absolute Gasteiger partial charge is 0.293 e. The Morgan fingerprint density at radius 3 is 2.85 bits per heavy atom. The highest BCUT2D eigenvalue weighted by Crippen LogP contribution is 2.32. The van der Waals surface area contributed by atoms with Crippen molar-refractivity contribution in [2.24, 2.45) is 5.92 Å². The minimum atomic E-state index is -0.452. The summed E-state index contributed by atoms with van der Waals surface area (Å²) in [4.78, 5) is 25.6. The van der Waals surface area contributed by atoms with Crippen LogP contribution in [0.5, 0.6) is 0 Å². The Kier molecular flexibility index (Phi) is 5.36. The molecule has 2 aromatic rings. The van der Waals surface area contributed by atoms with Crippen molar-refractivity contribution >= 4 is 23.0 Å². The number of carbonyl (C=O) groups excluding carboxylic acids is 1. The van der Waals surface area contributed by atoms with Gasteiger partial charge in [-0.2, -0.15) is 5.26 Å². The fourth-order valence-electron chi connectivity index (χ4n) is 3.36. The number of nitrogens with zero attached hydrogens (tertiary/aromatic N) is 3. The van der Waals surface area contributed by atoms with Crippen molar-refractivity contribution in [1.82, 2.24) is 0 Å². The first-order valence-corrected chi connectivity index (χ1v) is 8.83. The maximum Gasteiger partial charge on any atom is 0.293 e. The lowest BCUT2D eigenvalue weighted by molar-refractivity contribution is -0.384. The van der Waals surface area contributed by atoms with E-state index in [-0.39, 0.29) is 11.3 Å². The summed E-state index contributed by atoms with van der Waals surface area (Å²) >= 11 is 0. The number of rotatable bonds is 4. The van der Waals surface area contributed by atoms with Crippen molar-refractivity contribution in [2.45, 2.75) is 19.8 Å². The van der Waals surface area contributed by atoms with Crippen molar-refractivity contribution in [3.05, 3.63) is 63.7 Å². The van der Waals surface area contributed by atoms with E-state index in [0.29, 0.717) is 22.9 Å². The van der Waals surface area contributed by atoms with Crippen LogP contribution in [0.3, 0.4) is 0 Å². The summed E-state index contributed by atoms with van der Waals surface area (Å²) in [6.07, 6.45) is 2.11. The summed E-state index contributed by atoms with van der Waals surface area (Å²) in [5.41, 5.74) is 1.58. The van der Waals surface area contributed by atoms with E-state index in [2.05, 4.69) is 12.2 Å². The number of nitrogens with one attached hydrogen (secondary N) is 1. The van der Waals surface area contributed by atoms with Gasteiger partial charge in [0, 0.05) is 30.4 Å². The van der Waals surface area contributed by atoms with E-state index in [1.165, 1.54) is 6.07 Å². The molecule has 7 heteroatoms. The topological polar surface area (TPSA) is 99.3 Å². The van der Waals surface area contributed by atoms with E-state index in [0.717, 1.165) is 25.9 Å². The van der Waals surface area contributed by atoms with Gasteiger partial charge in [-0.25, -0.2) is 0 Å². The van der Waals surface area contributed by atoms with Gasteiger partial charge in [0.15, 0.2) is 0 Å². The number of nitro groups is 1. The summed E-state index contributed by atoms with van der Waals surface area (Å²) < 4.78 is 0. The van der Waals surface area contributed by atoms with E-state index in [4.69, 9.17) is 5.26 Å². The molecule has 0 radical (unpaired) electrons. The van der Waals surface area contributed by atoms with Crippen LogP contribution in [0.15, 0.2) is 42.5 Å². The van der Waals surface area contributed by atoms with Gasteiger partial charge in [-0.3, -0.25) is 14.9 Å². The molecule has 0 spiro atoms. The van der Waals surface area contributed by atoms with E-state index in [1.807, 2.05) is 11.0 Å². The molecular weight excluding hydrogens is 344 g/mol. The number of hydrogen-bond acceptors (Lipinski definition) is 5. The molecule has 1 N–H and O–H groups in total. The molecule has 138 valence electrons. The Morgan fingerprint density at radius 1 is 1.33 bits per heavy atom. The van der Waals surface area contributed by atoms with Crippen LogP contribution in [0.2, 0.25) is 0 Å². The second-order valence-corrected chi connectivity index (χ2v) is 6.80. The molecule has 27 heavy (non-hydrogen) atoms. The molecule has 1 amide bonds. The first kappa shape index (κ1) is 18.4. The van der Waals surface area contributed by atoms with Gasteiger partial charge in [0.05, 0.1) is 16.6 Å². The minimum absolute atomic E-state index is 0.0671. The molecule has 0 saturated carbocycles. The van der Waals surface area contributed by atoms with Crippen LogP contribution in [-0.2, 0) is 0 Å². The van der Waals surface area contributed by atoms with Gasteiger partial charge >= 0.3 is 0 Å². The Bertz CT molecular complexity index is 920. The third-order valence-corrected chi connectivity index (χ3v) is 4.68. The highest BCUT2D eigenvalue weighted by Gasteiger charge is 2.25. The summed E-state index contributed by atoms with van der Waals surface area (Å²) in [7, 11) is 0. The molecule has 1 saturated heterocycles. The predicted octanol–water partition coefficient (Wildman–Crippen LogP) is 3.96.